The van der Waals surface area contributed by atoms with Gasteiger partial charge in [0.05, 0.1) is 11.5 Å². The van der Waals surface area contributed by atoms with Gasteiger partial charge in [-0.1, -0.05) is 12.1 Å². The van der Waals surface area contributed by atoms with Crippen molar-refractivity contribution < 1.29 is 17.9 Å². The average Bonchev–Trinajstić information content (AvgIpc) is 2.47. The lowest BCUT2D eigenvalue weighted by Gasteiger charge is -2.33. The van der Waals surface area contributed by atoms with Gasteiger partial charge in [-0.2, -0.15) is 4.31 Å². The fraction of sp³-hybridized carbons (Fsp3) is 0.500. The summed E-state index contributed by atoms with van der Waals surface area (Å²) in [5, 5.41) is 3.03. The van der Waals surface area contributed by atoms with Gasteiger partial charge in [0, 0.05) is 19.6 Å². The minimum Gasteiger partial charge on any atom is -0.465 e. The van der Waals surface area contributed by atoms with Crippen LogP contribution in [0.2, 0.25) is 0 Å². The van der Waals surface area contributed by atoms with Crippen LogP contribution in [-0.4, -0.2) is 51.0 Å². The van der Waals surface area contributed by atoms with E-state index < -0.39 is 22.0 Å². The van der Waals surface area contributed by atoms with E-state index in [0.717, 1.165) is 5.56 Å². The summed E-state index contributed by atoms with van der Waals surface area (Å²) in [4.78, 5) is 12.2. The van der Waals surface area contributed by atoms with E-state index in [9.17, 15) is 13.2 Å². The van der Waals surface area contributed by atoms with Gasteiger partial charge in [-0.25, -0.2) is 8.42 Å². The van der Waals surface area contributed by atoms with Crippen molar-refractivity contribution in [1.82, 2.24) is 9.62 Å². The number of aryl methyl sites for hydroxylation is 1. The molecular formula is C14H20N2O4S. The van der Waals surface area contributed by atoms with Gasteiger partial charge in [0.2, 0.25) is 10.0 Å². The second-order valence-electron chi connectivity index (χ2n) is 4.90. The third kappa shape index (κ3) is 3.42. The number of hydrogen-bond donors (Lipinski definition) is 1. The predicted octanol–water partition coefficient (Wildman–Crippen LogP) is 0.521. The van der Waals surface area contributed by atoms with E-state index in [0.29, 0.717) is 6.54 Å². The molecular weight excluding hydrogens is 292 g/mol. The monoisotopic (exact) mass is 312 g/mol. The number of benzene rings is 1. The fourth-order valence-corrected chi connectivity index (χ4v) is 4.01. The molecule has 1 saturated heterocycles. The van der Waals surface area contributed by atoms with Crippen LogP contribution >= 0.6 is 0 Å². The molecule has 0 amide bonds. The zero-order valence-electron chi connectivity index (χ0n) is 12.2. The van der Waals surface area contributed by atoms with Crippen LogP contribution in [0.25, 0.3) is 0 Å². The first-order chi connectivity index (χ1) is 9.96. The summed E-state index contributed by atoms with van der Waals surface area (Å²) in [6, 6.07) is 5.87. The Bertz CT molecular complexity index is 615. The van der Waals surface area contributed by atoms with Crippen LogP contribution in [0.4, 0.5) is 0 Å². The number of esters is 1. The number of ether oxygens (including phenoxy) is 1. The smallest absolute Gasteiger partial charge is 0.325 e. The minimum atomic E-state index is -3.70. The van der Waals surface area contributed by atoms with E-state index >= 15 is 0 Å². The van der Waals surface area contributed by atoms with Gasteiger partial charge in [0.15, 0.2) is 0 Å². The Balaban J connectivity index is 2.34. The van der Waals surface area contributed by atoms with Crippen molar-refractivity contribution >= 4 is 16.0 Å². The summed E-state index contributed by atoms with van der Waals surface area (Å²) in [6.45, 7) is 4.80. The molecule has 21 heavy (non-hydrogen) atoms. The Morgan fingerprint density at radius 2 is 2.24 bits per heavy atom. The van der Waals surface area contributed by atoms with Crippen LogP contribution in [-0.2, 0) is 19.6 Å². The maximum atomic E-state index is 12.7. The average molecular weight is 312 g/mol. The zero-order chi connectivity index (χ0) is 15.5. The van der Waals surface area contributed by atoms with Gasteiger partial charge in [0.25, 0.3) is 0 Å². The van der Waals surface area contributed by atoms with Crippen LogP contribution in [0, 0.1) is 6.92 Å². The van der Waals surface area contributed by atoms with E-state index in [2.05, 4.69) is 5.32 Å². The number of rotatable bonds is 4. The van der Waals surface area contributed by atoms with Crippen molar-refractivity contribution in [3.05, 3.63) is 29.8 Å². The Hall–Kier alpha value is -1.44. The predicted molar refractivity (Wildman–Crippen MR) is 78.4 cm³/mol. The first-order valence-electron chi connectivity index (χ1n) is 6.92. The van der Waals surface area contributed by atoms with Gasteiger partial charge in [-0.05, 0) is 31.5 Å². The first kappa shape index (κ1) is 15.9. The van der Waals surface area contributed by atoms with E-state index in [1.807, 2.05) is 13.0 Å². The third-order valence-corrected chi connectivity index (χ3v) is 5.25. The molecule has 1 aromatic rings. The highest BCUT2D eigenvalue weighted by Crippen LogP contribution is 2.21. The SMILES string of the molecule is CCOC(=O)C1CNCCN1S(=O)(=O)c1cccc(C)c1. The number of nitrogens with one attached hydrogen (secondary N) is 1. The first-order valence-corrected chi connectivity index (χ1v) is 8.36. The normalized spacial score (nSPS) is 20.2. The van der Waals surface area contributed by atoms with Crippen molar-refractivity contribution in [2.75, 3.05) is 26.2 Å². The molecule has 1 fully saturated rings. The molecule has 6 nitrogen and oxygen atoms in total. The molecule has 0 aliphatic carbocycles. The van der Waals surface area contributed by atoms with Crippen LogP contribution < -0.4 is 5.32 Å². The third-order valence-electron chi connectivity index (χ3n) is 3.35. The number of sulfonamides is 1. The quantitative estimate of drug-likeness (QED) is 0.820. The molecule has 1 aliphatic rings. The molecule has 0 aromatic heterocycles. The molecule has 1 N–H and O–H groups in total. The Labute approximate surface area is 125 Å². The maximum absolute atomic E-state index is 12.7. The van der Waals surface area contributed by atoms with Gasteiger partial charge >= 0.3 is 5.97 Å². The summed E-state index contributed by atoms with van der Waals surface area (Å²) < 4.78 is 31.7. The molecule has 2 rings (SSSR count). The second kappa shape index (κ2) is 6.55. The zero-order valence-corrected chi connectivity index (χ0v) is 13.0. The lowest BCUT2D eigenvalue weighted by atomic mass is 10.2. The molecule has 0 spiro atoms. The van der Waals surface area contributed by atoms with E-state index in [1.54, 1.807) is 25.1 Å². The van der Waals surface area contributed by atoms with E-state index in [-0.39, 0.29) is 24.6 Å². The Kier molecular flexibility index (Phi) is 4.97. The number of carbonyl (C=O) groups is 1. The summed E-state index contributed by atoms with van der Waals surface area (Å²) in [7, 11) is -3.70. The minimum absolute atomic E-state index is 0.207. The molecule has 1 unspecified atom stereocenters. The number of piperazine rings is 1. The van der Waals surface area contributed by atoms with E-state index in [1.165, 1.54) is 4.31 Å². The Morgan fingerprint density at radius 3 is 2.90 bits per heavy atom. The second-order valence-corrected chi connectivity index (χ2v) is 6.79. The summed E-state index contributed by atoms with van der Waals surface area (Å²) >= 11 is 0. The maximum Gasteiger partial charge on any atom is 0.325 e. The van der Waals surface area contributed by atoms with Crippen LogP contribution in [0.1, 0.15) is 12.5 Å². The summed E-state index contributed by atoms with van der Waals surface area (Å²) in [5.41, 5.74) is 0.860. The highest BCUT2D eigenvalue weighted by Gasteiger charge is 2.38. The Morgan fingerprint density at radius 1 is 1.48 bits per heavy atom. The van der Waals surface area contributed by atoms with Gasteiger partial charge in [-0.3, -0.25) is 4.79 Å². The van der Waals surface area contributed by atoms with Gasteiger partial charge in [-0.15, -0.1) is 0 Å². The van der Waals surface area contributed by atoms with Crippen LogP contribution in [0.3, 0.4) is 0 Å². The van der Waals surface area contributed by atoms with Crippen molar-refractivity contribution in [3.63, 3.8) is 0 Å². The van der Waals surface area contributed by atoms with Crippen LogP contribution in [0.5, 0.6) is 0 Å². The van der Waals surface area contributed by atoms with Gasteiger partial charge in [0.1, 0.15) is 6.04 Å². The molecule has 0 saturated carbocycles. The lowest BCUT2D eigenvalue weighted by Crippen LogP contribution is -2.57. The molecule has 1 atom stereocenters. The lowest BCUT2D eigenvalue weighted by molar-refractivity contribution is -0.148. The largest absolute Gasteiger partial charge is 0.465 e. The molecule has 1 heterocycles. The topological polar surface area (TPSA) is 75.7 Å². The van der Waals surface area contributed by atoms with Crippen LogP contribution in [0.15, 0.2) is 29.2 Å². The van der Waals surface area contributed by atoms with Crippen molar-refractivity contribution in [2.24, 2.45) is 0 Å². The molecule has 1 aliphatic heterocycles. The van der Waals surface area contributed by atoms with Crippen molar-refractivity contribution in [1.29, 1.82) is 0 Å². The van der Waals surface area contributed by atoms with Crippen molar-refractivity contribution in [2.45, 2.75) is 24.8 Å². The highest BCUT2D eigenvalue weighted by molar-refractivity contribution is 7.89. The summed E-state index contributed by atoms with van der Waals surface area (Å²) in [6.07, 6.45) is 0. The number of carbonyl (C=O) groups excluding carboxylic acids is 1. The number of hydrogen-bond acceptors (Lipinski definition) is 5. The molecule has 0 radical (unpaired) electrons. The van der Waals surface area contributed by atoms with Gasteiger partial charge < -0.3 is 10.1 Å². The number of nitrogens with zero attached hydrogens (tertiary/aromatic N) is 1. The molecule has 7 heteroatoms. The molecule has 0 bridgehead atoms. The van der Waals surface area contributed by atoms with Crippen molar-refractivity contribution in [3.8, 4) is 0 Å². The summed E-state index contributed by atoms with van der Waals surface area (Å²) in [5.74, 6) is -0.513. The standard InChI is InChI=1S/C14H20N2O4S/c1-3-20-14(17)13-10-15-7-8-16(13)21(18,19)12-6-4-5-11(2)9-12/h4-6,9,13,15H,3,7-8,10H2,1-2H3. The highest BCUT2D eigenvalue weighted by atomic mass is 32.2. The fourth-order valence-electron chi connectivity index (χ4n) is 2.32. The molecule has 1 aromatic carbocycles. The molecule has 116 valence electrons. The van der Waals surface area contributed by atoms with E-state index in [4.69, 9.17) is 4.74 Å².